The lowest BCUT2D eigenvalue weighted by molar-refractivity contribution is 0.0211. The summed E-state index contributed by atoms with van der Waals surface area (Å²) in [5.41, 5.74) is 1.36. The second-order valence-electron chi connectivity index (χ2n) is 6.58. The van der Waals surface area contributed by atoms with Crippen molar-refractivity contribution in [3.63, 3.8) is 0 Å². The van der Waals surface area contributed by atoms with Crippen molar-refractivity contribution in [2.45, 2.75) is 18.9 Å². The van der Waals surface area contributed by atoms with Gasteiger partial charge in [0.25, 0.3) is 0 Å². The SMILES string of the molecule is c1cc2c(cc1[C@H](C1CCOCC1)N1CCNCC1)OCCO2. The first-order valence-corrected chi connectivity index (χ1v) is 8.84. The normalized spacial score (nSPS) is 24.3. The molecular formula is C18H26N2O3. The lowest BCUT2D eigenvalue weighted by atomic mass is 9.85. The molecule has 0 amide bonds. The zero-order chi connectivity index (χ0) is 15.5. The van der Waals surface area contributed by atoms with Crippen molar-refractivity contribution in [1.82, 2.24) is 10.2 Å². The van der Waals surface area contributed by atoms with Gasteiger partial charge in [0.05, 0.1) is 0 Å². The van der Waals surface area contributed by atoms with Gasteiger partial charge in [-0.05, 0) is 36.5 Å². The van der Waals surface area contributed by atoms with Crippen molar-refractivity contribution >= 4 is 0 Å². The fourth-order valence-electron chi connectivity index (χ4n) is 4.02. The van der Waals surface area contributed by atoms with Gasteiger partial charge in [-0.1, -0.05) is 6.07 Å². The van der Waals surface area contributed by atoms with Crippen LogP contribution in [0.25, 0.3) is 0 Å². The molecule has 0 radical (unpaired) electrons. The highest BCUT2D eigenvalue weighted by Gasteiger charge is 2.32. The van der Waals surface area contributed by atoms with Crippen LogP contribution in [0.3, 0.4) is 0 Å². The summed E-state index contributed by atoms with van der Waals surface area (Å²) in [6.45, 7) is 7.43. The number of nitrogens with zero attached hydrogens (tertiary/aromatic N) is 1. The van der Waals surface area contributed by atoms with Gasteiger partial charge in [0.1, 0.15) is 13.2 Å². The molecule has 0 spiro atoms. The second kappa shape index (κ2) is 7.07. The molecule has 3 aliphatic rings. The van der Waals surface area contributed by atoms with E-state index in [4.69, 9.17) is 14.2 Å². The number of ether oxygens (including phenoxy) is 3. The Morgan fingerprint density at radius 2 is 1.70 bits per heavy atom. The third kappa shape index (κ3) is 3.32. The molecule has 1 atom stereocenters. The smallest absolute Gasteiger partial charge is 0.161 e. The first-order valence-electron chi connectivity index (χ1n) is 8.84. The average molecular weight is 318 g/mol. The Kier molecular flexibility index (Phi) is 4.69. The van der Waals surface area contributed by atoms with Crippen LogP contribution in [-0.4, -0.2) is 57.5 Å². The Hall–Kier alpha value is -1.30. The zero-order valence-corrected chi connectivity index (χ0v) is 13.6. The lowest BCUT2D eigenvalue weighted by Gasteiger charge is -2.41. The van der Waals surface area contributed by atoms with E-state index in [0.29, 0.717) is 25.2 Å². The monoisotopic (exact) mass is 318 g/mol. The van der Waals surface area contributed by atoms with Gasteiger partial charge in [0.2, 0.25) is 0 Å². The molecule has 0 unspecified atom stereocenters. The van der Waals surface area contributed by atoms with E-state index in [-0.39, 0.29) is 0 Å². The molecule has 126 valence electrons. The van der Waals surface area contributed by atoms with Crippen molar-refractivity contribution in [3.05, 3.63) is 23.8 Å². The standard InChI is InChI=1S/C18H26N2O3/c1-2-16-17(23-12-11-22-16)13-15(1)18(14-3-9-21-10-4-14)20-7-5-19-6-8-20/h1-2,13-14,18-19H,3-12H2/t18-/m0/s1. The van der Waals surface area contributed by atoms with Crippen LogP contribution in [0.2, 0.25) is 0 Å². The number of fused-ring (bicyclic) bond motifs is 1. The van der Waals surface area contributed by atoms with Crippen molar-refractivity contribution in [2.75, 3.05) is 52.6 Å². The highest BCUT2D eigenvalue weighted by molar-refractivity contribution is 5.45. The summed E-state index contributed by atoms with van der Waals surface area (Å²) in [5.74, 6) is 2.44. The fraction of sp³-hybridized carbons (Fsp3) is 0.667. The number of hydrogen-bond acceptors (Lipinski definition) is 5. The molecule has 0 aliphatic carbocycles. The zero-order valence-electron chi connectivity index (χ0n) is 13.6. The van der Waals surface area contributed by atoms with Crippen LogP contribution in [0.15, 0.2) is 18.2 Å². The van der Waals surface area contributed by atoms with Crippen molar-refractivity contribution in [3.8, 4) is 11.5 Å². The summed E-state index contributed by atoms with van der Waals surface area (Å²) >= 11 is 0. The van der Waals surface area contributed by atoms with Crippen LogP contribution in [0.1, 0.15) is 24.4 Å². The number of nitrogens with one attached hydrogen (secondary N) is 1. The van der Waals surface area contributed by atoms with Gasteiger partial charge < -0.3 is 19.5 Å². The van der Waals surface area contributed by atoms with E-state index in [9.17, 15) is 0 Å². The molecule has 23 heavy (non-hydrogen) atoms. The number of rotatable bonds is 3. The molecule has 2 saturated heterocycles. The third-order valence-corrected chi connectivity index (χ3v) is 5.17. The molecule has 3 heterocycles. The van der Waals surface area contributed by atoms with Gasteiger partial charge in [-0.2, -0.15) is 0 Å². The van der Waals surface area contributed by atoms with Crippen LogP contribution in [-0.2, 0) is 4.74 Å². The Morgan fingerprint density at radius 1 is 0.957 bits per heavy atom. The predicted octanol–water partition coefficient (Wildman–Crippen LogP) is 1.83. The number of benzene rings is 1. The van der Waals surface area contributed by atoms with E-state index >= 15 is 0 Å². The molecule has 1 aromatic carbocycles. The lowest BCUT2D eigenvalue weighted by Crippen LogP contribution is -2.47. The van der Waals surface area contributed by atoms with E-state index in [1.807, 2.05) is 0 Å². The summed E-state index contributed by atoms with van der Waals surface area (Å²) in [7, 11) is 0. The average Bonchev–Trinajstić information content (AvgIpc) is 2.64. The quantitative estimate of drug-likeness (QED) is 0.921. The first-order chi connectivity index (χ1) is 11.4. The van der Waals surface area contributed by atoms with Gasteiger partial charge in [0.15, 0.2) is 11.5 Å². The Labute approximate surface area is 137 Å². The minimum absolute atomic E-state index is 0.455. The fourth-order valence-corrected chi connectivity index (χ4v) is 4.02. The molecule has 0 saturated carbocycles. The Morgan fingerprint density at radius 3 is 2.48 bits per heavy atom. The molecule has 0 aromatic heterocycles. The third-order valence-electron chi connectivity index (χ3n) is 5.17. The number of piperazine rings is 1. The maximum Gasteiger partial charge on any atom is 0.161 e. The predicted molar refractivity (Wildman–Crippen MR) is 88.2 cm³/mol. The highest BCUT2D eigenvalue weighted by atomic mass is 16.6. The molecular weight excluding hydrogens is 292 g/mol. The topological polar surface area (TPSA) is 43.0 Å². The van der Waals surface area contributed by atoms with Gasteiger partial charge in [0, 0.05) is 45.4 Å². The van der Waals surface area contributed by atoms with Crippen LogP contribution >= 0.6 is 0 Å². The Balaban J connectivity index is 1.63. The maximum absolute atomic E-state index is 5.81. The molecule has 5 nitrogen and oxygen atoms in total. The molecule has 2 fully saturated rings. The van der Waals surface area contributed by atoms with Gasteiger partial charge in [-0.15, -0.1) is 0 Å². The van der Waals surface area contributed by atoms with E-state index in [1.54, 1.807) is 0 Å². The van der Waals surface area contributed by atoms with E-state index < -0.39 is 0 Å². The van der Waals surface area contributed by atoms with Crippen molar-refractivity contribution in [2.24, 2.45) is 5.92 Å². The van der Waals surface area contributed by atoms with Crippen LogP contribution in [0.4, 0.5) is 0 Å². The summed E-state index contributed by atoms with van der Waals surface area (Å²) < 4.78 is 17.1. The summed E-state index contributed by atoms with van der Waals surface area (Å²) in [6, 6.07) is 6.97. The van der Waals surface area contributed by atoms with Gasteiger partial charge >= 0.3 is 0 Å². The minimum atomic E-state index is 0.455. The molecule has 1 aromatic rings. The largest absolute Gasteiger partial charge is 0.486 e. The van der Waals surface area contributed by atoms with E-state index in [1.165, 1.54) is 5.56 Å². The highest BCUT2D eigenvalue weighted by Crippen LogP contribution is 2.39. The van der Waals surface area contributed by atoms with Gasteiger partial charge in [-0.25, -0.2) is 0 Å². The first kappa shape index (κ1) is 15.2. The summed E-state index contributed by atoms with van der Waals surface area (Å²) in [6.07, 6.45) is 2.28. The van der Waals surface area contributed by atoms with Crippen LogP contribution in [0, 0.1) is 5.92 Å². The maximum atomic E-state index is 5.81. The minimum Gasteiger partial charge on any atom is -0.486 e. The van der Waals surface area contributed by atoms with Crippen LogP contribution in [0.5, 0.6) is 11.5 Å². The molecule has 3 aliphatic heterocycles. The number of hydrogen-bond donors (Lipinski definition) is 1. The molecule has 1 N–H and O–H groups in total. The summed E-state index contributed by atoms with van der Waals surface area (Å²) in [5, 5.41) is 3.46. The van der Waals surface area contributed by atoms with E-state index in [0.717, 1.165) is 63.7 Å². The molecule has 4 rings (SSSR count). The molecule has 0 bridgehead atoms. The second-order valence-corrected chi connectivity index (χ2v) is 6.58. The van der Waals surface area contributed by atoms with E-state index in [2.05, 4.69) is 28.4 Å². The van der Waals surface area contributed by atoms with Crippen molar-refractivity contribution in [1.29, 1.82) is 0 Å². The van der Waals surface area contributed by atoms with Gasteiger partial charge in [-0.3, -0.25) is 4.90 Å². The van der Waals surface area contributed by atoms with Crippen LogP contribution < -0.4 is 14.8 Å². The van der Waals surface area contributed by atoms with Crippen molar-refractivity contribution < 1.29 is 14.2 Å². The Bertz CT molecular complexity index is 507. The summed E-state index contributed by atoms with van der Waals surface area (Å²) in [4.78, 5) is 2.64. The molecule has 5 heteroatoms.